The van der Waals surface area contributed by atoms with E-state index in [2.05, 4.69) is 22.9 Å². The van der Waals surface area contributed by atoms with E-state index in [1.165, 1.54) is 39.2 Å². The second kappa shape index (κ2) is 8.15. The fraction of sp³-hybridized carbons (Fsp3) is 0.857. The van der Waals surface area contributed by atoms with E-state index in [0.29, 0.717) is 5.92 Å². The highest BCUT2D eigenvalue weighted by atomic mass is 16.2. The molecule has 0 radical (unpaired) electrons. The molecule has 0 aromatic carbocycles. The quantitative estimate of drug-likeness (QED) is 0.710. The molecule has 19 heavy (non-hydrogen) atoms. The Morgan fingerprint density at radius 2 is 1.74 bits per heavy atom. The molecule has 5 heteroatoms. The molecular weight excluding hydrogens is 242 g/mol. The van der Waals surface area contributed by atoms with E-state index in [-0.39, 0.29) is 11.9 Å². The zero-order valence-electron chi connectivity index (χ0n) is 12.3. The maximum atomic E-state index is 11.6. The predicted molar refractivity (Wildman–Crippen MR) is 75.8 cm³/mol. The minimum absolute atomic E-state index is 0.276. The van der Waals surface area contributed by atoms with Crippen LogP contribution in [0.5, 0.6) is 0 Å². The lowest BCUT2D eigenvalue weighted by molar-refractivity contribution is -0.121. The third-order valence-electron chi connectivity index (χ3n) is 4.11. The lowest BCUT2D eigenvalue weighted by Gasteiger charge is -2.28. The molecule has 1 saturated carbocycles. The van der Waals surface area contributed by atoms with Crippen molar-refractivity contribution in [3.05, 3.63) is 0 Å². The van der Waals surface area contributed by atoms with Crippen LogP contribution in [0.25, 0.3) is 0 Å². The van der Waals surface area contributed by atoms with Gasteiger partial charge >= 0.3 is 6.03 Å². The van der Waals surface area contributed by atoms with Crippen molar-refractivity contribution in [2.75, 3.05) is 13.6 Å². The molecule has 0 aromatic heterocycles. The second-order valence-corrected chi connectivity index (χ2v) is 5.49. The molecule has 1 atom stereocenters. The first-order chi connectivity index (χ1) is 9.06. The second-order valence-electron chi connectivity index (χ2n) is 5.49. The number of urea groups is 1. The first-order valence-corrected chi connectivity index (χ1v) is 7.32. The van der Waals surface area contributed by atoms with Gasteiger partial charge in [-0.15, -0.1) is 0 Å². The molecule has 0 heterocycles. The maximum absolute atomic E-state index is 11.6. The zero-order chi connectivity index (χ0) is 14.3. The van der Waals surface area contributed by atoms with Crippen molar-refractivity contribution in [2.24, 2.45) is 11.8 Å². The van der Waals surface area contributed by atoms with Gasteiger partial charge in [-0.25, -0.2) is 4.79 Å². The van der Waals surface area contributed by atoms with Crippen LogP contribution in [0.15, 0.2) is 0 Å². The van der Waals surface area contributed by atoms with Crippen molar-refractivity contribution in [1.29, 1.82) is 0 Å². The van der Waals surface area contributed by atoms with E-state index in [0.717, 1.165) is 12.5 Å². The van der Waals surface area contributed by atoms with Crippen LogP contribution in [-0.4, -0.2) is 31.6 Å². The van der Waals surface area contributed by atoms with Crippen LogP contribution in [0, 0.1) is 11.8 Å². The summed E-state index contributed by atoms with van der Waals surface area (Å²) in [4.78, 5) is 22.7. The van der Waals surface area contributed by atoms with E-state index in [1.54, 1.807) is 6.92 Å². The molecule has 1 aliphatic rings. The third kappa shape index (κ3) is 5.59. The largest absolute Gasteiger partial charge is 0.341 e. The van der Waals surface area contributed by atoms with Gasteiger partial charge in [0.25, 0.3) is 0 Å². The Labute approximate surface area is 115 Å². The molecule has 0 bridgehead atoms. The summed E-state index contributed by atoms with van der Waals surface area (Å²) in [6, 6.07) is -0.789. The highest BCUT2D eigenvalue weighted by Crippen LogP contribution is 2.30. The van der Waals surface area contributed by atoms with Gasteiger partial charge in [0, 0.05) is 7.05 Å². The number of carbonyl (C=O) groups is 2. The lowest BCUT2D eigenvalue weighted by atomic mass is 9.81. The number of nitrogens with one attached hydrogen (secondary N) is 3. The molecule has 0 aromatic rings. The van der Waals surface area contributed by atoms with Crippen LogP contribution < -0.4 is 16.0 Å². The van der Waals surface area contributed by atoms with Crippen LogP contribution in [0.4, 0.5) is 4.79 Å². The van der Waals surface area contributed by atoms with Gasteiger partial charge in [-0.1, -0.05) is 26.2 Å². The normalized spacial score (nSPS) is 24.6. The van der Waals surface area contributed by atoms with E-state index in [1.807, 2.05) is 0 Å². The van der Waals surface area contributed by atoms with Gasteiger partial charge in [-0.2, -0.15) is 0 Å². The van der Waals surface area contributed by atoms with Crippen LogP contribution in [0.1, 0.15) is 46.0 Å². The van der Waals surface area contributed by atoms with Crippen LogP contribution in [-0.2, 0) is 4.79 Å². The van der Waals surface area contributed by atoms with Crippen molar-refractivity contribution < 1.29 is 9.59 Å². The summed E-state index contributed by atoms with van der Waals surface area (Å²) < 4.78 is 0. The molecule has 1 unspecified atom stereocenters. The highest BCUT2D eigenvalue weighted by molar-refractivity contribution is 5.96. The maximum Gasteiger partial charge on any atom is 0.321 e. The Morgan fingerprint density at radius 1 is 1.16 bits per heavy atom. The third-order valence-corrected chi connectivity index (χ3v) is 4.11. The highest BCUT2D eigenvalue weighted by Gasteiger charge is 2.21. The van der Waals surface area contributed by atoms with Crippen LogP contribution in [0.2, 0.25) is 0 Å². The van der Waals surface area contributed by atoms with Gasteiger partial charge in [0.05, 0.1) is 6.04 Å². The van der Waals surface area contributed by atoms with Gasteiger partial charge in [0.15, 0.2) is 0 Å². The Morgan fingerprint density at radius 3 is 2.26 bits per heavy atom. The Kier molecular flexibility index (Phi) is 6.84. The van der Waals surface area contributed by atoms with E-state index >= 15 is 0 Å². The standard InChI is InChI=1S/C14H27N3O2/c1-4-11-5-7-12(8-6-11)9-16-10(2)13(18)17-14(19)15-3/h10-12,16H,4-9H2,1-3H3,(H2,15,17,18,19). The van der Waals surface area contributed by atoms with Crippen LogP contribution >= 0.6 is 0 Å². The van der Waals surface area contributed by atoms with E-state index in [9.17, 15) is 9.59 Å². The molecule has 0 aliphatic heterocycles. The smallest absolute Gasteiger partial charge is 0.321 e. The summed E-state index contributed by atoms with van der Waals surface area (Å²) >= 11 is 0. The first-order valence-electron chi connectivity index (χ1n) is 7.32. The minimum Gasteiger partial charge on any atom is -0.341 e. The van der Waals surface area contributed by atoms with Crippen molar-refractivity contribution in [2.45, 2.75) is 52.0 Å². The molecular formula is C14H27N3O2. The zero-order valence-corrected chi connectivity index (χ0v) is 12.3. The van der Waals surface area contributed by atoms with Gasteiger partial charge in [-0.3, -0.25) is 10.1 Å². The van der Waals surface area contributed by atoms with E-state index < -0.39 is 6.03 Å². The number of hydrogen-bond donors (Lipinski definition) is 3. The average Bonchev–Trinajstić information content (AvgIpc) is 2.44. The van der Waals surface area contributed by atoms with Gasteiger partial charge in [-0.05, 0) is 38.1 Å². The number of amides is 3. The first kappa shape index (κ1) is 16.0. The summed E-state index contributed by atoms with van der Waals surface area (Å²) in [5, 5.41) is 7.87. The molecule has 110 valence electrons. The monoisotopic (exact) mass is 269 g/mol. The summed E-state index contributed by atoms with van der Waals surface area (Å²) in [6.45, 7) is 4.91. The van der Waals surface area contributed by atoms with Gasteiger partial charge < -0.3 is 10.6 Å². The molecule has 0 spiro atoms. The van der Waals surface area contributed by atoms with Crippen molar-refractivity contribution >= 4 is 11.9 Å². The summed E-state index contributed by atoms with van der Waals surface area (Å²) in [5.41, 5.74) is 0. The molecule has 1 aliphatic carbocycles. The van der Waals surface area contributed by atoms with Crippen molar-refractivity contribution in [1.82, 2.24) is 16.0 Å². The summed E-state index contributed by atoms with van der Waals surface area (Å²) in [5.74, 6) is 1.28. The molecule has 5 nitrogen and oxygen atoms in total. The lowest BCUT2D eigenvalue weighted by Crippen LogP contribution is -2.48. The van der Waals surface area contributed by atoms with Crippen LogP contribution in [0.3, 0.4) is 0 Å². The van der Waals surface area contributed by atoms with E-state index in [4.69, 9.17) is 0 Å². The Hall–Kier alpha value is -1.10. The molecule has 1 rings (SSSR count). The molecule has 1 fully saturated rings. The van der Waals surface area contributed by atoms with Gasteiger partial charge in [0.1, 0.15) is 0 Å². The number of rotatable bonds is 5. The number of imide groups is 1. The molecule has 3 amide bonds. The Balaban J connectivity index is 2.21. The fourth-order valence-corrected chi connectivity index (χ4v) is 2.56. The average molecular weight is 269 g/mol. The summed E-state index contributed by atoms with van der Waals surface area (Å²) in [7, 11) is 1.49. The SMILES string of the molecule is CCC1CCC(CNC(C)C(=O)NC(=O)NC)CC1. The van der Waals surface area contributed by atoms with Gasteiger partial charge in [0.2, 0.25) is 5.91 Å². The fourth-order valence-electron chi connectivity index (χ4n) is 2.56. The summed E-state index contributed by atoms with van der Waals surface area (Å²) in [6.07, 6.45) is 6.39. The minimum atomic E-state index is -0.456. The van der Waals surface area contributed by atoms with Crippen molar-refractivity contribution in [3.63, 3.8) is 0 Å². The Bertz CT molecular complexity index is 299. The molecule has 0 saturated heterocycles. The molecule has 3 N–H and O–H groups in total. The topological polar surface area (TPSA) is 70.2 Å². The van der Waals surface area contributed by atoms with Crippen molar-refractivity contribution in [3.8, 4) is 0 Å². The predicted octanol–water partition coefficient (Wildman–Crippen LogP) is 1.64. The number of hydrogen-bond acceptors (Lipinski definition) is 3. The number of carbonyl (C=O) groups excluding carboxylic acids is 2.